The molecule has 8 heteroatoms. The number of benzene rings is 2. The standard InChI is InChI=1S/C18H17F3NO2S2/c1-13-11-14(18(19,20)21)12-17(16(13)9-10-25(2)3)22-26(23,24)15-7-5-4-6-8-15/h4-8,11-12,22H,1-3H3/q+1. The van der Waals surface area contributed by atoms with E-state index in [1.165, 1.54) is 31.2 Å². The molecule has 2 aromatic rings. The highest BCUT2D eigenvalue weighted by Gasteiger charge is 2.32. The van der Waals surface area contributed by atoms with E-state index in [9.17, 15) is 21.6 Å². The number of hydrogen-bond donors (Lipinski definition) is 1. The van der Waals surface area contributed by atoms with Crippen molar-refractivity contribution in [3.8, 4) is 11.2 Å². The number of aryl methyl sites for hydroxylation is 1. The summed E-state index contributed by atoms with van der Waals surface area (Å²) in [4.78, 5) is -0.0419. The molecule has 0 fully saturated rings. The van der Waals surface area contributed by atoms with Gasteiger partial charge in [-0.05, 0) is 42.7 Å². The van der Waals surface area contributed by atoms with Crippen LogP contribution < -0.4 is 4.72 Å². The fourth-order valence-corrected chi connectivity index (χ4v) is 3.54. The Balaban J connectivity index is 2.61. The second kappa shape index (κ2) is 7.64. The largest absolute Gasteiger partial charge is 0.416 e. The van der Waals surface area contributed by atoms with E-state index in [4.69, 9.17) is 0 Å². The van der Waals surface area contributed by atoms with Gasteiger partial charge in [-0.1, -0.05) is 18.2 Å². The molecule has 0 amide bonds. The van der Waals surface area contributed by atoms with Crippen molar-refractivity contribution >= 4 is 26.6 Å². The molecule has 0 saturated carbocycles. The van der Waals surface area contributed by atoms with Gasteiger partial charge in [0.2, 0.25) is 0 Å². The summed E-state index contributed by atoms with van der Waals surface area (Å²) in [6.07, 6.45) is -0.871. The smallest absolute Gasteiger partial charge is 0.278 e. The maximum Gasteiger partial charge on any atom is 0.416 e. The zero-order valence-electron chi connectivity index (χ0n) is 14.3. The van der Waals surface area contributed by atoms with E-state index in [0.29, 0.717) is 0 Å². The number of halogens is 3. The summed E-state index contributed by atoms with van der Waals surface area (Å²) in [7, 11) is -4.31. The van der Waals surface area contributed by atoms with Crippen LogP contribution in [0.25, 0.3) is 0 Å². The van der Waals surface area contributed by atoms with Crippen molar-refractivity contribution < 1.29 is 21.6 Å². The van der Waals surface area contributed by atoms with E-state index < -0.39 is 21.8 Å². The lowest BCUT2D eigenvalue weighted by Gasteiger charge is -2.15. The van der Waals surface area contributed by atoms with Crippen molar-refractivity contribution in [2.75, 3.05) is 17.2 Å². The highest BCUT2D eigenvalue weighted by molar-refractivity contribution is 8.00. The van der Waals surface area contributed by atoms with Crippen molar-refractivity contribution in [3.63, 3.8) is 0 Å². The number of sulfonamides is 1. The molecule has 1 N–H and O–H groups in total. The number of nitrogens with one attached hydrogen (secondary N) is 1. The first kappa shape index (κ1) is 20.2. The average Bonchev–Trinajstić information content (AvgIpc) is 2.53. The Morgan fingerprint density at radius 3 is 2.23 bits per heavy atom. The summed E-state index contributed by atoms with van der Waals surface area (Å²) in [5.74, 6) is 2.80. The molecule has 2 rings (SSSR count). The number of alkyl halides is 3. The molecule has 0 aliphatic carbocycles. The summed E-state index contributed by atoms with van der Waals surface area (Å²) in [5.41, 5.74) is -0.625. The van der Waals surface area contributed by atoms with Crippen LogP contribution in [0, 0.1) is 18.1 Å². The minimum Gasteiger partial charge on any atom is -0.278 e. The first-order chi connectivity index (χ1) is 12.0. The summed E-state index contributed by atoms with van der Waals surface area (Å²) in [6.45, 7) is 1.48. The molecule has 0 radical (unpaired) electrons. The molecule has 3 nitrogen and oxygen atoms in total. The molecule has 0 aliphatic rings. The summed E-state index contributed by atoms with van der Waals surface area (Å²) < 4.78 is 66.7. The topological polar surface area (TPSA) is 46.2 Å². The Morgan fingerprint density at radius 1 is 1.08 bits per heavy atom. The highest BCUT2D eigenvalue weighted by atomic mass is 32.2. The van der Waals surface area contributed by atoms with Gasteiger partial charge in [-0.15, -0.1) is 0 Å². The Labute approximate surface area is 154 Å². The van der Waals surface area contributed by atoms with Gasteiger partial charge in [0, 0.05) is 0 Å². The fraction of sp³-hybridized carbons (Fsp3) is 0.222. The molecule has 26 heavy (non-hydrogen) atoms. The molecule has 0 unspecified atom stereocenters. The first-order valence-corrected chi connectivity index (χ1v) is 10.9. The van der Waals surface area contributed by atoms with Crippen LogP contribution in [0.3, 0.4) is 0 Å². The Morgan fingerprint density at radius 2 is 1.69 bits per heavy atom. The van der Waals surface area contributed by atoms with E-state index in [0.717, 1.165) is 12.1 Å². The maximum absolute atomic E-state index is 13.1. The van der Waals surface area contributed by atoms with Crippen LogP contribution in [0.4, 0.5) is 18.9 Å². The van der Waals surface area contributed by atoms with Crippen LogP contribution in [-0.2, 0) is 27.1 Å². The van der Waals surface area contributed by atoms with Gasteiger partial charge >= 0.3 is 6.18 Å². The van der Waals surface area contributed by atoms with Gasteiger partial charge in [0.25, 0.3) is 10.0 Å². The molecule has 0 aliphatic heterocycles. The third-order valence-electron chi connectivity index (χ3n) is 3.34. The van der Waals surface area contributed by atoms with Crippen LogP contribution in [-0.4, -0.2) is 20.9 Å². The second-order valence-corrected chi connectivity index (χ2v) is 9.20. The minimum atomic E-state index is -4.59. The third-order valence-corrected chi connectivity index (χ3v) is 5.23. The minimum absolute atomic E-state index is 0.0419. The van der Waals surface area contributed by atoms with Gasteiger partial charge < -0.3 is 0 Å². The fourth-order valence-electron chi connectivity index (χ4n) is 2.15. The molecule has 0 bridgehead atoms. The quantitative estimate of drug-likeness (QED) is 0.625. The molecule has 2 aromatic carbocycles. The van der Waals surface area contributed by atoms with Crippen molar-refractivity contribution in [2.45, 2.75) is 18.0 Å². The monoisotopic (exact) mass is 400 g/mol. The van der Waals surface area contributed by atoms with Crippen LogP contribution in [0.15, 0.2) is 47.4 Å². The number of rotatable bonds is 3. The van der Waals surface area contributed by atoms with Gasteiger partial charge in [0.1, 0.15) is 12.5 Å². The van der Waals surface area contributed by atoms with Crippen molar-refractivity contribution in [1.82, 2.24) is 0 Å². The molecule has 0 spiro atoms. The van der Waals surface area contributed by atoms with Gasteiger partial charge in [0.05, 0.1) is 32.6 Å². The molecule has 0 atom stereocenters. The molecule has 0 aromatic heterocycles. The number of hydrogen-bond acceptors (Lipinski definition) is 2. The van der Waals surface area contributed by atoms with E-state index in [-0.39, 0.29) is 32.6 Å². The lowest BCUT2D eigenvalue weighted by molar-refractivity contribution is -0.137. The van der Waals surface area contributed by atoms with Gasteiger partial charge in [-0.2, -0.15) is 13.2 Å². The number of anilines is 1. The summed E-state index contributed by atoms with van der Waals surface area (Å²) in [6, 6.07) is 9.19. The van der Waals surface area contributed by atoms with Crippen LogP contribution in [0.1, 0.15) is 16.7 Å². The summed E-state index contributed by atoms with van der Waals surface area (Å²) >= 11 is 0. The lowest BCUT2D eigenvalue weighted by Crippen LogP contribution is -2.16. The zero-order valence-corrected chi connectivity index (χ0v) is 15.9. The van der Waals surface area contributed by atoms with Crippen LogP contribution in [0.5, 0.6) is 0 Å². The van der Waals surface area contributed by atoms with Gasteiger partial charge in [-0.25, -0.2) is 8.42 Å². The van der Waals surface area contributed by atoms with E-state index in [2.05, 4.69) is 15.9 Å². The third kappa shape index (κ3) is 4.96. The van der Waals surface area contributed by atoms with Crippen molar-refractivity contribution in [2.24, 2.45) is 0 Å². The van der Waals surface area contributed by atoms with Crippen molar-refractivity contribution in [3.05, 3.63) is 59.2 Å². The molecule has 138 valence electrons. The predicted molar refractivity (Wildman–Crippen MR) is 99.5 cm³/mol. The van der Waals surface area contributed by atoms with E-state index >= 15 is 0 Å². The Hall–Kier alpha value is -2.11. The van der Waals surface area contributed by atoms with Crippen LogP contribution >= 0.6 is 0 Å². The van der Waals surface area contributed by atoms with E-state index in [1.807, 2.05) is 12.5 Å². The Bertz CT molecular complexity index is 958. The first-order valence-electron chi connectivity index (χ1n) is 7.39. The summed E-state index contributed by atoms with van der Waals surface area (Å²) in [5, 5.41) is 2.89. The molecular weight excluding hydrogens is 383 g/mol. The molecule has 0 saturated heterocycles. The normalized spacial score (nSPS) is 11.8. The maximum atomic E-state index is 13.1. The van der Waals surface area contributed by atoms with Crippen LogP contribution in [0.2, 0.25) is 0 Å². The SMILES string of the molecule is Cc1cc(C(F)(F)F)cc(NS(=O)(=O)c2ccccc2)c1C#C[S+](C)C. The zero-order chi connectivity index (χ0) is 19.5. The van der Waals surface area contributed by atoms with Gasteiger partial charge in [0.15, 0.2) is 5.25 Å². The molecular formula is C18H17F3NO2S2+. The predicted octanol–water partition coefficient (Wildman–Crippen LogP) is 4.00. The van der Waals surface area contributed by atoms with E-state index in [1.54, 1.807) is 6.07 Å². The van der Waals surface area contributed by atoms with Crippen molar-refractivity contribution in [1.29, 1.82) is 0 Å². The highest BCUT2D eigenvalue weighted by Crippen LogP contribution is 2.34. The Kier molecular flexibility index (Phi) is 5.94. The second-order valence-electron chi connectivity index (χ2n) is 5.68. The van der Waals surface area contributed by atoms with Gasteiger partial charge in [-0.3, -0.25) is 4.72 Å². The molecule has 0 heterocycles. The average molecular weight is 400 g/mol. The lowest BCUT2D eigenvalue weighted by atomic mass is 10.0.